The number of amides is 3. The highest BCUT2D eigenvalue weighted by Crippen LogP contribution is 2.54. The van der Waals surface area contributed by atoms with Crippen molar-refractivity contribution in [2.45, 2.75) is 77.4 Å². The molecule has 2 aromatic carbocycles. The van der Waals surface area contributed by atoms with Crippen molar-refractivity contribution in [1.29, 1.82) is 0 Å². The average Bonchev–Trinajstić information content (AvgIpc) is 4.07. The Hall–Kier alpha value is -5.38. The molecule has 5 aliphatic rings. The molecule has 2 N–H and O–H groups in total. The van der Waals surface area contributed by atoms with Crippen LogP contribution in [0.25, 0.3) is 22.3 Å². The van der Waals surface area contributed by atoms with Gasteiger partial charge in [-0.3, -0.25) is 24.6 Å². The Morgan fingerprint density at radius 2 is 1.47 bits per heavy atom. The summed E-state index contributed by atoms with van der Waals surface area (Å²) in [5.41, 5.74) is 10.1. The van der Waals surface area contributed by atoms with Crippen LogP contribution in [-0.4, -0.2) is 65.0 Å². The van der Waals surface area contributed by atoms with Crippen molar-refractivity contribution in [2.24, 2.45) is 39.6 Å². The quantitative estimate of drug-likeness (QED) is 0.211. The molecule has 2 bridgehead atoms. The highest BCUT2D eigenvalue weighted by molar-refractivity contribution is 6.04. The van der Waals surface area contributed by atoms with Crippen LogP contribution >= 0.6 is 0 Å². The second kappa shape index (κ2) is 15.8. The van der Waals surface area contributed by atoms with Crippen LogP contribution in [0.3, 0.4) is 0 Å². The summed E-state index contributed by atoms with van der Waals surface area (Å²) in [6.45, 7) is 5.01. The molecule has 2 saturated carbocycles. The third kappa shape index (κ3) is 7.51. The van der Waals surface area contributed by atoms with Gasteiger partial charge in [-0.25, -0.2) is 4.79 Å². The van der Waals surface area contributed by atoms with Gasteiger partial charge in [-0.15, -0.1) is 0 Å². The second-order valence-electron chi connectivity index (χ2n) is 16.1. The van der Waals surface area contributed by atoms with Crippen LogP contribution < -0.4 is 10.6 Å². The number of alkyl carbamates (subject to hydrolysis) is 1. The molecule has 8 rings (SSSR count). The number of hydrogen-bond acceptors (Lipinski definition) is 7. The van der Waals surface area contributed by atoms with Gasteiger partial charge in [0.1, 0.15) is 6.04 Å². The smallest absolute Gasteiger partial charge is 0.407 e. The maximum absolute atomic E-state index is 13.6. The van der Waals surface area contributed by atoms with Crippen LogP contribution in [0.5, 0.6) is 0 Å². The number of benzene rings is 2. The highest BCUT2D eigenvalue weighted by Gasteiger charge is 2.52. The van der Waals surface area contributed by atoms with E-state index in [1.165, 1.54) is 30.4 Å². The summed E-state index contributed by atoms with van der Waals surface area (Å²) < 4.78 is 4.78. The molecule has 0 unspecified atom stereocenters. The van der Waals surface area contributed by atoms with Gasteiger partial charge in [0.15, 0.2) is 0 Å². The minimum absolute atomic E-state index is 0.00802. The van der Waals surface area contributed by atoms with Crippen LogP contribution in [0.2, 0.25) is 0 Å². The molecule has 2 aliphatic carbocycles. The van der Waals surface area contributed by atoms with Crippen molar-refractivity contribution in [3.8, 4) is 11.1 Å². The maximum Gasteiger partial charge on any atom is 0.407 e. The average molecular weight is 739 g/mol. The topological polar surface area (TPSA) is 125 Å². The Balaban J connectivity index is 0.863. The van der Waals surface area contributed by atoms with Gasteiger partial charge in [-0.1, -0.05) is 68.4 Å². The molecule has 3 aromatic rings. The number of aliphatic imine (C=N–C) groups is 2. The van der Waals surface area contributed by atoms with E-state index >= 15 is 0 Å². The van der Waals surface area contributed by atoms with E-state index in [0.717, 1.165) is 65.6 Å². The predicted molar refractivity (Wildman–Crippen MR) is 215 cm³/mol. The lowest BCUT2D eigenvalue weighted by molar-refractivity contribution is -0.134. The molecule has 0 radical (unpaired) electrons. The highest BCUT2D eigenvalue weighted by atomic mass is 16.5. The molecule has 4 heterocycles. The van der Waals surface area contributed by atoms with Crippen molar-refractivity contribution in [3.63, 3.8) is 0 Å². The number of aromatic nitrogens is 1. The maximum atomic E-state index is 13.6. The SMILES string of the molecule is COC(=O)N[C@H](C(=O)N1CCC[C@H]1C1=NC=C(c2ccc(-c3ccc(C4=CN=C([C@@H]5[C@H]6CC[C@H](C6)[C@H]5C(=O)NCc5cccnc5)C4)cc3)cc2)C1)C(C)C. The van der Waals surface area contributed by atoms with E-state index in [0.29, 0.717) is 31.3 Å². The number of carbonyl (C=O) groups is 3. The second-order valence-corrected chi connectivity index (χ2v) is 16.1. The van der Waals surface area contributed by atoms with Crippen molar-refractivity contribution in [1.82, 2.24) is 20.5 Å². The van der Waals surface area contributed by atoms with E-state index in [1.807, 2.05) is 49.5 Å². The van der Waals surface area contributed by atoms with Crippen LogP contribution in [0, 0.1) is 29.6 Å². The molecule has 10 nitrogen and oxygen atoms in total. The van der Waals surface area contributed by atoms with Gasteiger partial charge < -0.3 is 20.3 Å². The molecular formula is C45H50N6O4. The van der Waals surface area contributed by atoms with E-state index in [2.05, 4.69) is 64.1 Å². The summed E-state index contributed by atoms with van der Waals surface area (Å²) in [5, 5.41) is 5.93. The Labute approximate surface area is 323 Å². The lowest BCUT2D eigenvalue weighted by Gasteiger charge is -2.31. The van der Waals surface area contributed by atoms with E-state index < -0.39 is 12.1 Å². The number of fused-ring (bicyclic) bond motifs is 2. The zero-order chi connectivity index (χ0) is 38.1. The van der Waals surface area contributed by atoms with E-state index in [-0.39, 0.29) is 35.6 Å². The Morgan fingerprint density at radius 3 is 2.11 bits per heavy atom. The first kappa shape index (κ1) is 36.6. The van der Waals surface area contributed by atoms with Gasteiger partial charge in [0.05, 0.1) is 13.2 Å². The third-order valence-corrected chi connectivity index (χ3v) is 12.5. The number of hydrogen-bond donors (Lipinski definition) is 2. The van der Waals surface area contributed by atoms with E-state index in [9.17, 15) is 14.4 Å². The zero-order valence-corrected chi connectivity index (χ0v) is 31.9. The van der Waals surface area contributed by atoms with Crippen LogP contribution in [0.1, 0.15) is 75.5 Å². The number of nitrogens with one attached hydrogen (secondary N) is 2. The fraction of sp³-hybridized carbons (Fsp3) is 0.422. The first-order chi connectivity index (χ1) is 26.8. The van der Waals surface area contributed by atoms with Gasteiger partial charge in [0, 0.05) is 74.0 Å². The molecule has 6 atom stereocenters. The summed E-state index contributed by atoms with van der Waals surface area (Å²) in [4.78, 5) is 54.9. The van der Waals surface area contributed by atoms with Crippen molar-refractivity contribution >= 4 is 40.5 Å². The lowest BCUT2D eigenvalue weighted by Crippen LogP contribution is -2.53. The van der Waals surface area contributed by atoms with Crippen LogP contribution in [0.4, 0.5) is 4.79 Å². The van der Waals surface area contributed by atoms with E-state index in [4.69, 9.17) is 14.7 Å². The first-order valence-corrected chi connectivity index (χ1v) is 19.8. The number of rotatable bonds is 11. The van der Waals surface area contributed by atoms with Gasteiger partial charge in [0.2, 0.25) is 11.8 Å². The molecule has 55 heavy (non-hydrogen) atoms. The van der Waals surface area contributed by atoms with Crippen molar-refractivity contribution in [3.05, 3.63) is 102 Å². The number of pyridine rings is 1. The minimum atomic E-state index is -0.645. The minimum Gasteiger partial charge on any atom is -0.453 e. The molecular weight excluding hydrogens is 689 g/mol. The summed E-state index contributed by atoms with van der Waals surface area (Å²) in [7, 11) is 1.31. The predicted octanol–water partition coefficient (Wildman–Crippen LogP) is 7.47. The van der Waals surface area contributed by atoms with Crippen molar-refractivity contribution < 1.29 is 19.1 Å². The number of carbonyl (C=O) groups excluding carboxylic acids is 3. The standard InChI is InChI=1S/C45H50N6O4/c1-27(2)42(50-45(54)55-3)44(53)51-19-5-7-39(51)37-21-35(25-47-37)31-12-8-29(9-13-31)30-10-14-32(15-11-30)36-22-38(48-26-36)40-33-16-17-34(20-33)41(40)43(52)49-24-28-6-4-18-46-23-28/h4,6,8-15,18,23,25-27,33-34,39-42H,5,7,16-17,19-22,24H2,1-3H3,(H,49,52)(H,50,54)/t33-,34+,39-,40-,41+,42-/m0/s1. The number of ether oxygens (including phenoxy) is 1. The molecule has 284 valence electrons. The summed E-state index contributed by atoms with van der Waals surface area (Å²) >= 11 is 0. The van der Waals surface area contributed by atoms with Gasteiger partial charge in [-0.05, 0) is 94.9 Å². The molecule has 1 aromatic heterocycles. The normalized spacial score (nSPS) is 24.7. The number of allylic oxidation sites excluding steroid dienone is 2. The molecule has 10 heteroatoms. The Morgan fingerprint density at radius 1 is 0.836 bits per heavy atom. The zero-order valence-electron chi connectivity index (χ0n) is 31.9. The Kier molecular flexibility index (Phi) is 10.5. The molecule has 3 amide bonds. The molecule has 3 fully saturated rings. The van der Waals surface area contributed by atoms with Gasteiger partial charge in [0.25, 0.3) is 0 Å². The molecule has 3 aliphatic heterocycles. The monoisotopic (exact) mass is 738 g/mol. The third-order valence-electron chi connectivity index (χ3n) is 12.5. The van der Waals surface area contributed by atoms with Crippen LogP contribution in [0.15, 0.2) is 95.4 Å². The Bertz CT molecular complexity index is 2050. The van der Waals surface area contributed by atoms with Gasteiger partial charge >= 0.3 is 6.09 Å². The lowest BCUT2D eigenvalue weighted by atomic mass is 9.75. The molecule has 1 saturated heterocycles. The number of nitrogens with zero attached hydrogens (tertiary/aromatic N) is 4. The fourth-order valence-corrected chi connectivity index (χ4v) is 9.62. The van der Waals surface area contributed by atoms with E-state index in [1.54, 1.807) is 6.20 Å². The number of likely N-dealkylation sites (tertiary alicyclic amines) is 1. The summed E-state index contributed by atoms with van der Waals surface area (Å²) in [6.07, 6.45) is 13.6. The van der Waals surface area contributed by atoms with Crippen molar-refractivity contribution in [2.75, 3.05) is 13.7 Å². The first-order valence-electron chi connectivity index (χ1n) is 19.8. The molecule has 0 spiro atoms. The fourth-order valence-electron chi connectivity index (χ4n) is 9.62. The van der Waals surface area contributed by atoms with Gasteiger partial charge in [-0.2, -0.15) is 0 Å². The summed E-state index contributed by atoms with van der Waals surface area (Å²) in [6, 6.07) is 20.5. The summed E-state index contributed by atoms with van der Waals surface area (Å²) in [5.74, 6) is 1.18. The largest absolute Gasteiger partial charge is 0.453 e. The number of methoxy groups -OCH3 is 1. The van der Waals surface area contributed by atoms with Crippen LogP contribution in [-0.2, 0) is 20.9 Å².